The molecule has 1 aliphatic heterocycles. The first-order valence-electron chi connectivity index (χ1n) is 11.9. The zero-order valence-corrected chi connectivity index (χ0v) is 19.7. The monoisotopic (exact) mass is 446 g/mol. The highest BCUT2D eigenvalue weighted by atomic mass is 16.2. The Morgan fingerprint density at radius 3 is 2.48 bits per heavy atom. The molecule has 4 N–H and O–H groups in total. The Hall–Kier alpha value is -3.12. The predicted molar refractivity (Wildman–Crippen MR) is 133 cm³/mol. The van der Waals surface area contributed by atoms with Crippen LogP contribution in [0, 0.1) is 5.92 Å². The second kappa shape index (κ2) is 9.79. The molecule has 0 aliphatic carbocycles. The van der Waals surface area contributed by atoms with Crippen molar-refractivity contribution in [2.24, 2.45) is 11.7 Å². The fourth-order valence-corrected chi connectivity index (χ4v) is 4.81. The van der Waals surface area contributed by atoms with E-state index in [4.69, 9.17) is 5.73 Å². The van der Waals surface area contributed by atoms with Crippen LogP contribution in [-0.2, 0) is 16.0 Å². The summed E-state index contributed by atoms with van der Waals surface area (Å²) in [4.78, 5) is 31.4. The normalized spacial score (nSPS) is 18.0. The number of fused-ring (bicyclic) bond motifs is 1. The fourth-order valence-electron chi connectivity index (χ4n) is 4.81. The third-order valence-electron chi connectivity index (χ3n) is 6.62. The molecule has 1 aromatic heterocycles. The molecule has 6 heteroatoms. The van der Waals surface area contributed by atoms with Gasteiger partial charge in [0.25, 0.3) is 0 Å². The van der Waals surface area contributed by atoms with Crippen molar-refractivity contribution in [2.45, 2.75) is 58.2 Å². The number of nitrogens with zero attached hydrogens (tertiary/aromatic N) is 1. The van der Waals surface area contributed by atoms with Crippen molar-refractivity contribution in [1.82, 2.24) is 15.2 Å². The van der Waals surface area contributed by atoms with Crippen molar-refractivity contribution in [3.05, 3.63) is 60.2 Å². The Morgan fingerprint density at radius 2 is 1.79 bits per heavy atom. The summed E-state index contributed by atoms with van der Waals surface area (Å²) in [7, 11) is 0. The zero-order chi connectivity index (χ0) is 23.5. The molecule has 1 aliphatic rings. The highest BCUT2D eigenvalue weighted by Gasteiger charge is 2.36. The van der Waals surface area contributed by atoms with Crippen LogP contribution in [0.25, 0.3) is 22.2 Å². The summed E-state index contributed by atoms with van der Waals surface area (Å²) in [5.41, 5.74) is 10.3. The van der Waals surface area contributed by atoms with Gasteiger partial charge in [0.15, 0.2) is 0 Å². The van der Waals surface area contributed by atoms with Gasteiger partial charge in [-0.3, -0.25) is 9.59 Å². The Kier molecular flexibility index (Phi) is 6.84. The maximum atomic E-state index is 13.6. The lowest BCUT2D eigenvalue weighted by molar-refractivity contribution is -0.138. The number of hydrogen-bond acceptors (Lipinski definition) is 3. The lowest BCUT2D eigenvalue weighted by Crippen LogP contribution is -2.55. The SMILES string of the molecule is CC(C)[C@H](NC(=O)[C@H](C)N)C(=O)N1CCC[C@H]1Cc1c(-c2ccccc2)[nH]c2ccccc12. The first-order chi connectivity index (χ1) is 15.9. The maximum Gasteiger partial charge on any atom is 0.245 e. The van der Waals surface area contributed by atoms with Crippen molar-refractivity contribution in [3.8, 4) is 11.3 Å². The topological polar surface area (TPSA) is 91.2 Å². The molecule has 2 aromatic carbocycles. The van der Waals surface area contributed by atoms with Crippen molar-refractivity contribution < 1.29 is 9.59 Å². The van der Waals surface area contributed by atoms with Gasteiger partial charge in [-0.15, -0.1) is 0 Å². The van der Waals surface area contributed by atoms with Crippen molar-refractivity contribution in [1.29, 1.82) is 0 Å². The molecule has 0 saturated carbocycles. The minimum atomic E-state index is -0.645. The van der Waals surface area contributed by atoms with E-state index in [0.717, 1.165) is 36.0 Å². The van der Waals surface area contributed by atoms with Crippen molar-refractivity contribution in [2.75, 3.05) is 6.54 Å². The summed E-state index contributed by atoms with van der Waals surface area (Å²) in [5, 5.41) is 4.07. The Morgan fingerprint density at radius 1 is 1.09 bits per heavy atom. The van der Waals surface area contributed by atoms with Crippen molar-refractivity contribution >= 4 is 22.7 Å². The predicted octanol–water partition coefficient (Wildman–Crippen LogP) is 3.86. The molecular weight excluding hydrogens is 412 g/mol. The van der Waals surface area contributed by atoms with E-state index < -0.39 is 12.1 Å². The number of benzene rings is 2. The van der Waals surface area contributed by atoms with Crippen LogP contribution in [0.5, 0.6) is 0 Å². The molecule has 2 amide bonds. The van der Waals surface area contributed by atoms with Crippen LogP contribution in [0.3, 0.4) is 0 Å². The molecule has 0 bridgehead atoms. The van der Waals surface area contributed by atoms with E-state index in [2.05, 4.69) is 40.6 Å². The van der Waals surface area contributed by atoms with Crippen LogP contribution in [0.15, 0.2) is 54.6 Å². The smallest absolute Gasteiger partial charge is 0.245 e. The summed E-state index contributed by atoms with van der Waals surface area (Å²) in [6, 6.07) is 17.6. The van der Waals surface area contributed by atoms with Gasteiger partial charge in [0.1, 0.15) is 6.04 Å². The van der Waals surface area contributed by atoms with Crippen LogP contribution >= 0.6 is 0 Å². The summed E-state index contributed by atoms with van der Waals surface area (Å²) in [6.07, 6.45) is 2.68. The van der Waals surface area contributed by atoms with Gasteiger partial charge in [-0.2, -0.15) is 0 Å². The molecule has 3 atom stereocenters. The second-order valence-corrected chi connectivity index (χ2v) is 9.44. The van der Waals surface area contributed by atoms with E-state index >= 15 is 0 Å². The van der Waals surface area contributed by atoms with E-state index in [1.807, 2.05) is 43.0 Å². The van der Waals surface area contributed by atoms with Gasteiger partial charge in [-0.25, -0.2) is 0 Å². The van der Waals surface area contributed by atoms with E-state index in [1.165, 1.54) is 10.9 Å². The van der Waals surface area contributed by atoms with E-state index in [1.54, 1.807) is 6.92 Å². The Bertz CT molecular complexity index is 1120. The molecule has 6 nitrogen and oxygen atoms in total. The summed E-state index contributed by atoms with van der Waals surface area (Å²) >= 11 is 0. The molecule has 0 radical (unpaired) electrons. The largest absolute Gasteiger partial charge is 0.354 e. The van der Waals surface area contributed by atoms with E-state index in [0.29, 0.717) is 6.54 Å². The highest BCUT2D eigenvalue weighted by molar-refractivity contribution is 5.92. The number of H-pyrrole nitrogens is 1. The summed E-state index contributed by atoms with van der Waals surface area (Å²) < 4.78 is 0. The zero-order valence-electron chi connectivity index (χ0n) is 19.7. The molecule has 174 valence electrons. The first kappa shape index (κ1) is 23.1. The van der Waals surface area contributed by atoms with E-state index in [9.17, 15) is 9.59 Å². The van der Waals surface area contributed by atoms with Crippen LogP contribution in [0.2, 0.25) is 0 Å². The number of aromatic amines is 1. The average molecular weight is 447 g/mol. The minimum absolute atomic E-state index is 0.0115. The number of nitrogens with two attached hydrogens (primary N) is 1. The van der Waals surface area contributed by atoms with Gasteiger partial charge in [0.2, 0.25) is 11.8 Å². The van der Waals surface area contributed by atoms with E-state index in [-0.39, 0.29) is 23.8 Å². The average Bonchev–Trinajstić information content (AvgIpc) is 3.42. The number of carbonyl (C=O) groups excluding carboxylic acids is 2. The van der Waals surface area contributed by atoms with Crippen LogP contribution in [-0.4, -0.2) is 46.4 Å². The molecular formula is C27H34N4O2. The van der Waals surface area contributed by atoms with Gasteiger partial charge < -0.3 is 20.9 Å². The van der Waals surface area contributed by atoms with Gasteiger partial charge in [-0.05, 0) is 49.3 Å². The Balaban J connectivity index is 1.64. The molecule has 0 unspecified atom stereocenters. The van der Waals surface area contributed by atoms with Crippen molar-refractivity contribution in [3.63, 3.8) is 0 Å². The lowest BCUT2D eigenvalue weighted by atomic mass is 9.96. The van der Waals surface area contributed by atoms with Crippen LogP contribution in [0.1, 0.15) is 39.2 Å². The van der Waals surface area contributed by atoms with Gasteiger partial charge in [0.05, 0.1) is 6.04 Å². The number of carbonyl (C=O) groups is 2. The molecule has 2 heterocycles. The number of aromatic nitrogens is 1. The molecule has 1 saturated heterocycles. The molecule has 1 fully saturated rings. The number of hydrogen-bond donors (Lipinski definition) is 3. The first-order valence-corrected chi connectivity index (χ1v) is 11.9. The van der Waals surface area contributed by atoms with Gasteiger partial charge >= 0.3 is 0 Å². The molecule has 3 aromatic rings. The third-order valence-corrected chi connectivity index (χ3v) is 6.62. The summed E-state index contributed by atoms with van der Waals surface area (Å²) in [5.74, 6) is -0.321. The fraction of sp³-hybridized carbons (Fsp3) is 0.407. The molecule has 4 rings (SSSR count). The standard InChI is InChI=1S/C27H34N4O2/c1-17(2)24(30-26(32)18(3)28)27(33)31-15-9-12-20(31)16-22-21-13-7-8-14-23(21)29-25(22)19-10-5-4-6-11-19/h4-8,10-11,13-14,17-18,20,24,29H,9,12,15-16,28H2,1-3H3,(H,30,32)/t18-,20-,24-/m0/s1. The summed E-state index contributed by atoms with van der Waals surface area (Å²) in [6.45, 7) is 6.27. The number of amides is 2. The Labute approximate surface area is 195 Å². The van der Waals surface area contributed by atoms with Crippen LogP contribution < -0.4 is 11.1 Å². The molecule has 33 heavy (non-hydrogen) atoms. The number of nitrogens with one attached hydrogen (secondary N) is 2. The maximum absolute atomic E-state index is 13.6. The lowest BCUT2D eigenvalue weighted by Gasteiger charge is -2.31. The number of likely N-dealkylation sites (tertiary alicyclic amines) is 1. The highest BCUT2D eigenvalue weighted by Crippen LogP contribution is 2.34. The third kappa shape index (κ3) is 4.81. The van der Waals surface area contributed by atoms with Gasteiger partial charge in [-0.1, -0.05) is 62.4 Å². The minimum Gasteiger partial charge on any atom is -0.354 e. The number of rotatable bonds is 7. The van der Waals surface area contributed by atoms with Gasteiger partial charge in [0, 0.05) is 29.2 Å². The molecule has 0 spiro atoms. The number of para-hydroxylation sites is 1. The quantitative estimate of drug-likeness (QED) is 0.515. The van der Waals surface area contributed by atoms with Crippen LogP contribution in [0.4, 0.5) is 0 Å². The second-order valence-electron chi connectivity index (χ2n) is 9.44.